The fraction of sp³-hybridized carbons (Fsp3) is 0.400. The Morgan fingerprint density at radius 1 is 1.32 bits per heavy atom. The molecule has 0 radical (unpaired) electrons. The molecular formula is C15H18N2O3S2. The van der Waals surface area contributed by atoms with Gasteiger partial charge in [-0.1, -0.05) is 12.1 Å². The minimum absolute atomic E-state index is 0.0746. The zero-order chi connectivity index (χ0) is 15.4. The summed E-state index contributed by atoms with van der Waals surface area (Å²) >= 11 is 1.55. The summed E-state index contributed by atoms with van der Waals surface area (Å²) in [6.45, 7) is 1.15. The van der Waals surface area contributed by atoms with Gasteiger partial charge in [-0.15, -0.1) is 11.3 Å². The number of hydrogen-bond donors (Lipinski definition) is 1. The fourth-order valence-electron chi connectivity index (χ4n) is 2.39. The van der Waals surface area contributed by atoms with E-state index in [2.05, 4.69) is 10.3 Å². The lowest BCUT2D eigenvalue weighted by atomic mass is 10.2. The molecule has 2 aromatic rings. The van der Waals surface area contributed by atoms with Crippen LogP contribution in [0.5, 0.6) is 5.75 Å². The molecule has 118 valence electrons. The van der Waals surface area contributed by atoms with Gasteiger partial charge >= 0.3 is 0 Å². The highest BCUT2D eigenvalue weighted by atomic mass is 32.2. The number of aromatic nitrogens is 1. The molecule has 1 unspecified atom stereocenters. The molecule has 0 aliphatic carbocycles. The maximum atomic E-state index is 11.4. The van der Waals surface area contributed by atoms with Crippen molar-refractivity contribution in [3.63, 3.8) is 0 Å². The van der Waals surface area contributed by atoms with Crippen LogP contribution in [0.25, 0.3) is 0 Å². The van der Waals surface area contributed by atoms with Crippen molar-refractivity contribution >= 4 is 21.2 Å². The molecule has 3 rings (SSSR count). The van der Waals surface area contributed by atoms with Crippen LogP contribution in [0.3, 0.4) is 0 Å². The van der Waals surface area contributed by atoms with Crippen LogP contribution in [0, 0.1) is 0 Å². The predicted molar refractivity (Wildman–Crippen MR) is 86.8 cm³/mol. The summed E-state index contributed by atoms with van der Waals surface area (Å²) < 4.78 is 28.5. The van der Waals surface area contributed by atoms with Crippen molar-refractivity contribution in [1.29, 1.82) is 0 Å². The standard InChI is InChI=1S/C15H18N2O3S2/c18-22(19)6-5-13(10-22)16-7-12-1-3-15(4-2-12)20-8-14-9-21-11-17-14/h1-4,9,11,13,16H,5-8,10H2. The second-order valence-electron chi connectivity index (χ2n) is 5.39. The van der Waals surface area contributed by atoms with E-state index in [0.29, 0.717) is 25.3 Å². The molecule has 1 aromatic carbocycles. The normalized spacial score (nSPS) is 20.1. The fourth-order valence-corrected chi connectivity index (χ4v) is 4.64. The molecule has 1 fully saturated rings. The first-order valence-corrected chi connectivity index (χ1v) is 9.90. The summed E-state index contributed by atoms with van der Waals surface area (Å²) in [5, 5.41) is 5.26. The zero-order valence-corrected chi connectivity index (χ0v) is 13.7. The Kier molecular flexibility index (Phi) is 4.75. The van der Waals surface area contributed by atoms with Crippen LogP contribution >= 0.6 is 11.3 Å². The van der Waals surface area contributed by atoms with Crippen molar-refractivity contribution in [2.45, 2.75) is 25.6 Å². The van der Waals surface area contributed by atoms with E-state index in [1.54, 1.807) is 16.8 Å². The van der Waals surface area contributed by atoms with Crippen LogP contribution < -0.4 is 10.1 Å². The molecule has 1 N–H and O–H groups in total. The third kappa shape index (κ3) is 4.28. The Morgan fingerprint density at radius 3 is 2.77 bits per heavy atom. The number of hydrogen-bond acceptors (Lipinski definition) is 6. The molecule has 22 heavy (non-hydrogen) atoms. The largest absolute Gasteiger partial charge is 0.487 e. The Bertz CT molecular complexity index is 697. The summed E-state index contributed by atoms with van der Waals surface area (Å²) in [6.07, 6.45) is 0.706. The highest BCUT2D eigenvalue weighted by molar-refractivity contribution is 7.91. The van der Waals surface area contributed by atoms with Crippen molar-refractivity contribution in [1.82, 2.24) is 10.3 Å². The molecule has 0 spiro atoms. The molecule has 7 heteroatoms. The second-order valence-corrected chi connectivity index (χ2v) is 8.34. The van der Waals surface area contributed by atoms with Crippen molar-refractivity contribution < 1.29 is 13.2 Å². The zero-order valence-electron chi connectivity index (χ0n) is 12.1. The maximum absolute atomic E-state index is 11.4. The number of sulfone groups is 1. The third-order valence-electron chi connectivity index (χ3n) is 3.62. The van der Waals surface area contributed by atoms with E-state index in [1.165, 1.54) is 0 Å². The lowest BCUT2D eigenvalue weighted by Gasteiger charge is -2.11. The summed E-state index contributed by atoms with van der Waals surface area (Å²) in [7, 11) is -2.82. The van der Waals surface area contributed by atoms with E-state index >= 15 is 0 Å². The molecule has 1 aliphatic heterocycles. The monoisotopic (exact) mass is 338 g/mol. The van der Waals surface area contributed by atoms with Gasteiger partial charge in [-0.05, 0) is 24.1 Å². The van der Waals surface area contributed by atoms with Gasteiger partial charge in [-0.25, -0.2) is 13.4 Å². The molecule has 5 nitrogen and oxygen atoms in total. The first kappa shape index (κ1) is 15.5. The number of thiazole rings is 1. The minimum atomic E-state index is -2.82. The van der Waals surface area contributed by atoms with Crippen LogP contribution in [0.15, 0.2) is 35.2 Å². The van der Waals surface area contributed by atoms with Crippen LogP contribution in [0.4, 0.5) is 0 Å². The molecule has 2 heterocycles. The SMILES string of the molecule is O=S1(=O)CCC(NCc2ccc(OCc3cscn3)cc2)C1. The summed E-state index contributed by atoms with van der Waals surface area (Å²) in [4.78, 5) is 4.17. The molecule has 0 amide bonds. The van der Waals surface area contributed by atoms with Crippen LogP contribution in [-0.4, -0.2) is 30.9 Å². The second kappa shape index (κ2) is 6.76. The average molecular weight is 338 g/mol. The van der Waals surface area contributed by atoms with Crippen molar-refractivity contribution in [3.05, 3.63) is 46.4 Å². The van der Waals surface area contributed by atoms with E-state index in [9.17, 15) is 8.42 Å². The lowest BCUT2D eigenvalue weighted by Crippen LogP contribution is -2.29. The van der Waals surface area contributed by atoms with Crippen molar-refractivity contribution in [2.24, 2.45) is 0 Å². The Hall–Kier alpha value is -1.44. The van der Waals surface area contributed by atoms with Gasteiger partial charge in [0, 0.05) is 18.0 Å². The van der Waals surface area contributed by atoms with Crippen molar-refractivity contribution in [2.75, 3.05) is 11.5 Å². The quantitative estimate of drug-likeness (QED) is 0.872. The van der Waals surface area contributed by atoms with Crippen LogP contribution in [-0.2, 0) is 23.0 Å². The smallest absolute Gasteiger partial charge is 0.151 e. The van der Waals surface area contributed by atoms with E-state index in [-0.39, 0.29) is 11.8 Å². The molecule has 1 saturated heterocycles. The first-order chi connectivity index (χ1) is 10.6. The number of benzene rings is 1. The van der Waals surface area contributed by atoms with E-state index < -0.39 is 9.84 Å². The molecule has 1 aromatic heterocycles. The summed E-state index contributed by atoms with van der Waals surface area (Å²) in [5.41, 5.74) is 3.83. The number of ether oxygens (including phenoxy) is 1. The molecule has 1 atom stereocenters. The van der Waals surface area contributed by atoms with Gasteiger partial charge in [0.15, 0.2) is 9.84 Å². The highest BCUT2D eigenvalue weighted by Gasteiger charge is 2.27. The number of nitrogens with one attached hydrogen (secondary N) is 1. The number of rotatable bonds is 6. The van der Waals surface area contributed by atoms with Crippen LogP contribution in [0.2, 0.25) is 0 Å². The van der Waals surface area contributed by atoms with E-state index in [4.69, 9.17) is 4.74 Å². The van der Waals surface area contributed by atoms with Gasteiger partial charge in [0.25, 0.3) is 0 Å². The van der Waals surface area contributed by atoms with Gasteiger partial charge in [0.2, 0.25) is 0 Å². The van der Waals surface area contributed by atoms with Gasteiger partial charge in [0.1, 0.15) is 12.4 Å². The minimum Gasteiger partial charge on any atom is -0.487 e. The topological polar surface area (TPSA) is 68.3 Å². The first-order valence-electron chi connectivity index (χ1n) is 7.13. The van der Waals surface area contributed by atoms with Gasteiger partial charge in [-0.2, -0.15) is 0 Å². The predicted octanol–water partition coefficient (Wildman–Crippen LogP) is 2.00. The molecular weight excluding hydrogens is 320 g/mol. The van der Waals surface area contributed by atoms with Gasteiger partial charge in [0.05, 0.1) is 22.7 Å². The lowest BCUT2D eigenvalue weighted by molar-refractivity contribution is 0.302. The number of nitrogens with zero attached hydrogens (tertiary/aromatic N) is 1. The summed E-state index contributed by atoms with van der Waals surface area (Å²) in [5.74, 6) is 1.36. The highest BCUT2D eigenvalue weighted by Crippen LogP contribution is 2.16. The Labute approximate surface area is 134 Å². The molecule has 0 bridgehead atoms. The van der Waals surface area contributed by atoms with Gasteiger partial charge in [-0.3, -0.25) is 0 Å². The van der Waals surface area contributed by atoms with Gasteiger partial charge < -0.3 is 10.1 Å². The Morgan fingerprint density at radius 2 is 2.14 bits per heavy atom. The summed E-state index contributed by atoms with van der Waals surface area (Å²) in [6, 6.07) is 7.91. The molecule has 0 saturated carbocycles. The molecule has 1 aliphatic rings. The Balaban J connectivity index is 1.47. The van der Waals surface area contributed by atoms with E-state index in [1.807, 2.05) is 29.6 Å². The van der Waals surface area contributed by atoms with Crippen LogP contribution in [0.1, 0.15) is 17.7 Å². The third-order valence-corrected chi connectivity index (χ3v) is 6.02. The van der Waals surface area contributed by atoms with Crippen molar-refractivity contribution in [3.8, 4) is 5.75 Å². The van der Waals surface area contributed by atoms with E-state index in [0.717, 1.165) is 17.0 Å². The average Bonchev–Trinajstić information content (AvgIpc) is 3.13. The maximum Gasteiger partial charge on any atom is 0.151 e.